The Morgan fingerprint density at radius 2 is 1.93 bits per heavy atom. The summed E-state index contributed by atoms with van der Waals surface area (Å²) in [7, 11) is 0. The van der Waals surface area contributed by atoms with E-state index in [4.69, 9.17) is 24.4 Å². The summed E-state index contributed by atoms with van der Waals surface area (Å²) in [5, 5.41) is 18.5. The zero-order valence-corrected chi connectivity index (χ0v) is 24.5. The largest absolute Gasteiger partial charge is 0.381 e. The summed E-state index contributed by atoms with van der Waals surface area (Å²) >= 11 is 0. The quantitative estimate of drug-likeness (QED) is 0.396. The van der Waals surface area contributed by atoms with Crippen LogP contribution >= 0.6 is 0 Å². The molecule has 14 heteroatoms. The van der Waals surface area contributed by atoms with Crippen LogP contribution in [0.15, 0.2) is 10.8 Å². The number of amides is 2. The third-order valence-electron chi connectivity index (χ3n) is 9.11. The van der Waals surface area contributed by atoms with Crippen molar-refractivity contribution in [2.24, 2.45) is 17.8 Å². The number of hydrogen-bond donors (Lipinski definition) is 2. The molecule has 3 aliphatic rings. The lowest BCUT2D eigenvalue weighted by Gasteiger charge is -2.33. The Morgan fingerprint density at radius 3 is 2.67 bits per heavy atom. The number of piperidine rings is 1. The van der Waals surface area contributed by atoms with Crippen molar-refractivity contribution in [1.82, 2.24) is 40.5 Å². The first-order valence-corrected chi connectivity index (χ1v) is 15.3. The number of ether oxygens (including phenoxy) is 1. The Labute approximate surface area is 247 Å². The van der Waals surface area contributed by atoms with Gasteiger partial charge in [-0.3, -0.25) is 9.59 Å². The van der Waals surface area contributed by atoms with Crippen molar-refractivity contribution >= 4 is 17.6 Å². The molecule has 3 fully saturated rings. The summed E-state index contributed by atoms with van der Waals surface area (Å²) in [4.78, 5) is 35.8. The van der Waals surface area contributed by atoms with Gasteiger partial charge in [0.25, 0.3) is 11.7 Å². The van der Waals surface area contributed by atoms with E-state index in [0.717, 1.165) is 30.7 Å². The summed E-state index contributed by atoms with van der Waals surface area (Å²) in [6, 6.07) is -0.673. The molecule has 2 amide bonds. The molecule has 0 bridgehead atoms. The van der Waals surface area contributed by atoms with Gasteiger partial charge in [0.2, 0.25) is 11.8 Å². The van der Waals surface area contributed by atoms with E-state index in [0.29, 0.717) is 55.7 Å². The summed E-state index contributed by atoms with van der Waals surface area (Å²) in [5.74, 6) is -2.85. The number of nitrogens with zero attached hydrogens (tertiary/aromatic N) is 6. The van der Waals surface area contributed by atoms with Crippen molar-refractivity contribution < 1.29 is 27.7 Å². The standard InChI is InChI=1S/C29H38F2N8O4/c1-3-20-25(38-43-37-20)27(41)34-24(17-4-8-29(30,31)9-5-17)22-15-39-28(33-22)35-23(18-6-10-42-11-7-18)21(36-39)13-19-12-16(2)14-32-26(19)40/h15-19,24H,3-14H2,1-2H3,(H,32,40)(H,34,41)/t16-,19+,24-/m0/s1. The van der Waals surface area contributed by atoms with Gasteiger partial charge in [-0.25, -0.2) is 27.9 Å². The second-order valence-electron chi connectivity index (χ2n) is 12.3. The minimum absolute atomic E-state index is 0.0231. The van der Waals surface area contributed by atoms with Crippen LogP contribution in [0.3, 0.4) is 0 Å². The monoisotopic (exact) mass is 600 g/mol. The molecule has 3 atom stereocenters. The highest BCUT2D eigenvalue weighted by Crippen LogP contribution is 2.41. The fraction of sp³-hybridized carbons (Fsp3) is 0.690. The summed E-state index contributed by atoms with van der Waals surface area (Å²) < 4.78 is 40.2. The highest BCUT2D eigenvalue weighted by atomic mass is 19.3. The average molecular weight is 601 g/mol. The number of carbonyl (C=O) groups excluding carboxylic acids is 2. The van der Waals surface area contributed by atoms with E-state index < -0.39 is 17.9 Å². The third kappa shape index (κ3) is 6.38. The van der Waals surface area contributed by atoms with Gasteiger partial charge in [0.05, 0.1) is 29.3 Å². The molecular weight excluding hydrogens is 562 g/mol. The van der Waals surface area contributed by atoms with E-state index in [1.807, 2.05) is 6.92 Å². The number of aromatic nitrogens is 6. The molecule has 2 saturated heterocycles. The highest BCUT2D eigenvalue weighted by molar-refractivity contribution is 5.93. The molecule has 3 aromatic heterocycles. The zero-order valence-electron chi connectivity index (χ0n) is 24.5. The molecule has 0 radical (unpaired) electrons. The lowest BCUT2D eigenvalue weighted by molar-refractivity contribution is -0.127. The molecule has 0 unspecified atom stereocenters. The topological polar surface area (TPSA) is 149 Å². The molecular formula is C29H38F2N8O4. The van der Waals surface area contributed by atoms with Crippen LogP contribution in [-0.4, -0.2) is 67.4 Å². The number of imidazole rings is 1. The first-order chi connectivity index (χ1) is 20.7. The predicted molar refractivity (Wildman–Crippen MR) is 148 cm³/mol. The maximum Gasteiger partial charge on any atom is 0.276 e. The van der Waals surface area contributed by atoms with Gasteiger partial charge >= 0.3 is 0 Å². The SMILES string of the molecule is CCc1nonc1C(=O)N[C@H](c1cn2nc(C[C@H]3C[C@H](C)CNC3=O)c(C3CCOCC3)nc2n1)C1CCC(F)(F)CC1. The molecule has 12 nitrogen and oxygen atoms in total. The number of halogens is 2. The zero-order chi connectivity index (χ0) is 30.1. The number of nitrogens with one attached hydrogen (secondary N) is 2. The Kier molecular flexibility index (Phi) is 8.38. The molecule has 232 valence electrons. The van der Waals surface area contributed by atoms with Gasteiger partial charge in [0.15, 0.2) is 5.69 Å². The van der Waals surface area contributed by atoms with E-state index >= 15 is 0 Å². The number of hydrogen-bond acceptors (Lipinski definition) is 9. The van der Waals surface area contributed by atoms with Crippen LogP contribution < -0.4 is 10.6 Å². The van der Waals surface area contributed by atoms with Crippen molar-refractivity contribution in [3.8, 4) is 0 Å². The second kappa shape index (κ2) is 12.2. The molecule has 2 N–H and O–H groups in total. The van der Waals surface area contributed by atoms with Gasteiger partial charge in [-0.15, -0.1) is 0 Å². The minimum Gasteiger partial charge on any atom is -0.381 e. The smallest absolute Gasteiger partial charge is 0.276 e. The first-order valence-electron chi connectivity index (χ1n) is 15.3. The molecule has 43 heavy (non-hydrogen) atoms. The summed E-state index contributed by atoms with van der Waals surface area (Å²) in [6.45, 7) is 5.87. The van der Waals surface area contributed by atoms with Gasteiger partial charge in [-0.1, -0.05) is 19.0 Å². The van der Waals surface area contributed by atoms with Gasteiger partial charge in [0.1, 0.15) is 5.69 Å². The first kappa shape index (κ1) is 29.5. The Morgan fingerprint density at radius 1 is 1.16 bits per heavy atom. The van der Waals surface area contributed by atoms with Crippen LogP contribution in [0, 0.1) is 17.8 Å². The number of rotatable bonds is 8. The fourth-order valence-electron chi connectivity index (χ4n) is 6.63. The highest BCUT2D eigenvalue weighted by Gasteiger charge is 2.40. The van der Waals surface area contributed by atoms with Crippen molar-refractivity contribution in [3.05, 3.63) is 34.7 Å². The van der Waals surface area contributed by atoms with E-state index in [1.165, 1.54) is 0 Å². The molecule has 0 aromatic carbocycles. The molecule has 3 aromatic rings. The van der Waals surface area contributed by atoms with E-state index in [9.17, 15) is 18.4 Å². The van der Waals surface area contributed by atoms with Gasteiger partial charge in [0, 0.05) is 50.9 Å². The number of fused-ring (bicyclic) bond motifs is 1. The van der Waals surface area contributed by atoms with Crippen LogP contribution in [0.2, 0.25) is 0 Å². The Hall–Kier alpha value is -3.55. The van der Waals surface area contributed by atoms with Crippen LogP contribution in [0.1, 0.15) is 104 Å². The number of alkyl halides is 2. The van der Waals surface area contributed by atoms with Crippen molar-refractivity contribution in [2.75, 3.05) is 19.8 Å². The Bertz CT molecular complexity index is 1460. The average Bonchev–Trinajstić information content (AvgIpc) is 3.65. The maximum atomic E-state index is 14.1. The predicted octanol–water partition coefficient (Wildman–Crippen LogP) is 3.58. The van der Waals surface area contributed by atoms with Gasteiger partial charge in [-0.05, 0) is 55.5 Å². The normalized spacial score (nSPS) is 24.1. The summed E-state index contributed by atoms with van der Waals surface area (Å²) in [5.41, 5.74) is 2.53. The van der Waals surface area contributed by atoms with Crippen LogP contribution in [-0.2, 0) is 22.4 Å². The summed E-state index contributed by atoms with van der Waals surface area (Å²) in [6.07, 6.45) is 4.88. The molecule has 0 spiro atoms. The van der Waals surface area contributed by atoms with Gasteiger partial charge in [-0.2, -0.15) is 5.10 Å². The third-order valence-corrected chi connectivity index (χ3v) is 9.11. The van der Waals surface area contributed by atoms with Gasteiger partial charge < -0.3 is 15.4 Å². The minimum atomic E-state index is -2.73. The van der Waals surface area contributed by atoms with Crippen LogP contribution in [0.25, 0.3) is 5.78 Å². The van der Waals surface area contributed by atoms with Crippen LogP contribution in [0.4, 0.5) is 8.78 Å². The van der Waals surface area contributed by atoms with Crippen molar-refractivity contribution in [1.29, 1.82) is 0 Å². The maximum absolute atomic E-state index is 14.1. The van der Waals surface area contributed by atoms with E-state index in [1.54, 1.807) is 10.7 Å². The molecule has 1 aliphatic carbocycles. The lowest BCUT2D eigenvalue weighted by atomic mass is 9.81. The number of carbonyl (C=O) groups is 2. The molecule has 1 saturated carbocycles. The van der Waals surface area contributed by atoms with E-state index in [2.05, 4.69) is 27.9 Å². The van der Waals surface area contributed by atoms with E-state index in [-0.39, 0.29) is 55.0 Å². The molecule has 5 heterocycles. The van der Waals surface area contributed by atoms with Crippen molar-refractivity contribution in [2.45, 2.75) is 89.5 Å². The molecule has 6 rings (SSSR count). The lowest BCUT2D eigenvalue weighted by Crippen LogP contribution is -2.41. The fourth-order valence-corrected chi connectivity index (χ4v) is 6.63. The van der Waals surface area contributed by atoms with Crippen molar-refractivity contribution in [3.63, 3.8) is 0 Å². The van der Waals surface area contributed by atoms with Crippen LogP contribution in [0.5, 0.6) is 0 Å². The molecule has 2 aliphatic heterocycles. The number of aryl methyl sites for hydroxylation is 1. The Balaban J connectivity index is 1.36. The second-order valence-corrected chi connectivity index (χ2v) is 12.3.